The lowest BCUT2D eigenvalue weighted by molar-refractivity contribution is 0.0952. The van der Waals surface area contributed by atoms with E-state index >= 15 is 0 Å². The van der Waals surface area contributed by atoms with Crippen LogP contribution in [0.1, 0.15) is 10.4 Å². The van der Waals surface area contributed by atoms with E-state index in [-0.39, 0.29) is 5.91 Å². The molecule has 1 amide bonds. The highest BCUT2D eigenvalue weighted by Crippen LogP contribution is 2.22. The Labute approximate surface area is 137 Å². The fourth-order valence-corrected chi connectivity index (χ4v) is 2.94. The second-order valence-electron chi connectivity index (χ2n) is 4.71. The van der Waals surface area contributed by atoms with E-state index in [2.05, 4.69) is 10.4 Å². The predicted octanol–water partition coefficient (Wildman–Crippen LogP) is 3.70. The summed E-state index contributed by atoms with van der Waals surface area (Å²) in [7, 11) is 0. The zero-order valence-electron chi connectivity index (χ0n) is 11.7. The maximum absolute atomic E-state index is 12.0. The number of thiophene rings is 1. The van der Waals surface area contributed by atoms with Crippen LogP contribution in [0.2, 0.25) is 5.02 Å². The van der Waals surface area contributed by atoms with Crippen molar-refractivity contribution in [3.63, 3.8) is 0 Å². The van der Waals surface area contributed by atoms with Gasteiger partial charge in [-0.25, -0.2) is 0 Å². The van der Waals surface area contributed by atoms with Gasteiger partial charge in [0.15, 0.2) is 0 Å². The third-order valence-corrected chi connectivity index (χ3v) is 4.26. The first-order valence-electron chi connectivity index (χ1n) is 6.83. The van der Waals surface area contributed by atoms with Crippen LogP contribution >= 0.6 is 22.9 Å². The van der Waals surface area contributed by atoms with Crippen molar-refractivity contribution in [1.82, 2.24) is 15.1 Å². The van der Waals surface area contributed by atoms with Crippen LogP contribution in [0, 0.1) is 0 Å². The lowest BCUT2D eigenvalue weighted by Crippen LogP contribution is -2.27. The van der Waals surface area contributed by atoms with Gasteiger partial charge in [0.25, 0.3) is 5.91 Å². The van der Waals surface area contributed by atoms with E-state index in [1.807, 2.05) is 34.5 Å². The molecule has 22 heavy (non-hydrogen) atoms. The van der Waals surface area contributed by atoms with E-state index in [1.165, 1.54) is 0 Å². The van der Waals surface area contributed by atoms with E-state index < -0.39 is 0 Å². The fourth-order valence-electron chi connectivity index (χ4n) is 2.06. The Kier molecular flexibility index (Phi) is 4.56. The van der Waals surface area contributed by atoms with Gasteiger partial charge in [-0.15, -0.1) is 11.3 Å². The summed E-state index contributed by atoms with van der Waals surface area (Å²) in [5.41, 5.74) is 1.52. The van der Waals surface area contributed by atoms with Gasteiger partial charge in [-0.3, -0.25) is 9.48 Å². The number of rotatable bonds is 5. The van der Waals surface area contributed by atoms with Crippen molar-refractivity contribution in [1.29, 1.82) is 0 Å². The molecule has 1 aromatic carbocycles. The standard InChI is InChI=1S/C16H14ClN3OS/c17-13-4-1-3-12(11-13)16(21)18-7-9-20-8-6-14(19-20)15-5-2-10-22-15/h1-6,8,10-11H,7,9H2,(H,18,21). The molecule has 2 heterocycles. The number of halogens is 1. The minimum Gasteiger partial charge on any atom is -0.350 e. The number of nitrogens with one attached hydrogen (secondary N) is 1. The molecule has 0 radical (unpaired) electrons. The van der Waals surface area contributed by atoms with Crippen LogP contribution in [-0.2, 0) is 6.54 Å². The van der Waals surface area contributed by atoms with Crippen LogP contribution in [-0.4, -0.2) is 22.2 Å². The molecule has 0 saturated carbocycles. The van der Waals surface area contributed by atoms with Crippen molar-refractivity contribution < 1.29 is 4.79 Å². The first-order chi connectivity index (χ1) is 10.7. The molecule has 1 N–H and O–H groups in total. The molecule has 0 aliphatic rings. The van der Waals surface area contributed by atoms with E-state index in [0.717, 1.165) is 10.6 Å². The van der Waals surface area contributed by atoms with Gasteiger partial charge < -0.3 is 5.32 Å². The molecule has 6 heteroatoms. The molecule has 0 aliphatic heterocycles. The maximum Gasteiger partial charge on any atom is 0.251 e. The predicted molar refractivity (Wildman–Crippen MR) is 89.3 cm³/mol. The van der Waals surface area contributed by atoms with Crippen LogP contribution in [0.3, 0.4) is 0 Å². The zero-order chi connectivity index (χ0) is 15.4. The Morgan fingerprint density at radius 3 is 2.95 bits per heavy atom. The molecular weight excluding hydrogens is 318 g/mol. The van der Waals surface area contributed by atoms with Crippen molar-refractivity contribution in [3.8, 4) is 10.6 Å². The Balaban J connectivity index is 1.54. The van der Waals surface area contributed by atoms with E-state index in [1.54, 1.807) is 35.6 Å². The second-order valence-corrected chi connectivity index (χ2v) is 6.09. The third kappa shape index (κ3) is 3.55. The molecule has 112 valence electrons. The number of nitrogens with zero attached hydrogens (tertiary/aromatic N) is 2. The highest BCUT2D eigenvalue weighted by molar-refractivity contribution is 7.13. The van der Waals surface area contributed by atoms with Gasteiger partial charge in [0.2, 0.25) is 0 Å². The van der Waals surface area contributed by atoms with Crippen LogP contribution in [0.5, 0.6) is 0 Å². The van der Waals surface area contributed by atoms with Gasteiger partial charge in [0.05, 0.1) is 11.4 Å². The quantitative estimate of drug-likeness (QED) is 0.775. The van der Waals surface area contributed by atoms with Crippen LogP contribution in [0.15, 0.2) is 54.0 Å². The summed E-state index contributed by atoms with van der Waals surface area (Å²) in [6.45, 7) is 1.13. The lowest BCUT2D eigenvalue weighted by Gasteiger charge is -2.05. The topological polar surface area (TPSA) is 46.9 Å². The summed E-state index contributed by atoms with van der Waals surface area (Å²) in [5, 5.41) is 9.94. The average Bonchev–Trinajstić information content (AvgIpc) is 3.18. The van der Waals surface area contributed by atoms with Gasteiger partial charge in [0.1, 0.15) is 5.69 Å². The van der Waals surface area contributed by atoms with E-state index in [0.29, 0.717) is 23.7 Å². The largest absolute Gasteiger partial charge is 0.350 e. The minimum atomic E-state index is -0.131. The van der Waals surface area contributed by atoms with Crippen molar-refractivity contribution in [2.24, 2.45) is 0 Å². The zero-order valence-corrected chi connectivity index (χ0v) is 13.3. The monoisotopic (exact) mass is 331 g/mol. The van der Waals surface area contributed by atoms with Crippen LogP contribution in [0.25, 0.3) is 10.6 Å². The first kappa shape index (κ1) is 14.8. The van der Waals surface area contributed by atoms with Crippen molar-refractivity contribution in [2.45, 2.75) is 6.54 Å². The average molecular weight is 332 g/mol. The highest BCUT2D eigenvalue weighted by Gasteiger charge is 2.06. The molecule has 3 aromatic rings. The number of carbonyl (C=O) groups excluding carboxylic acids is 1. The highest BCUT2D eigenvalue weighted by atomic mass is 35.5. The number of carbonyl (C=O) groups is 1. The van der Waals surface area contributed by atoms with Gasteiger partial charge in [-0.1, -0.05) is 23.7 Å². The smallest absolute Gasteiger partial charge is 0.251 e. The summed E-state index contributed by atoms with van der Waals surface area (Å²) in [4.78, 5) is 13.1. The van der Waals surface area contributed by atoms with E-state index in [9.17, 15) is 4.79 Å². The number of benzene rings is 1. The molecule has 0 unspecified atom stereocenters. The SMILES string of the molecule is O=C(NCCn1ccc(-c2cccs2)n1)c1cccc(Cl)c1. The number of aromatic nitrogens is 2. The molecule has 0 aliphatic carbocycles. The summed E-state index contributed by atoms with van der Waals surface area (Å²) in [5.74, 6) is -0.131. The van der Waals surface area contributed by atoms with Gasteiger partial charge in [-0.2, -0.15) is 5.10 Å². The molecule has 0 fully saturated rings. The van der Waals surface area contributed by atoms with Gasteiger partial charge in [-0.05, 0) is 35.7 Å². The minimum absolute atomic E-state index is 0.131. The van der Waals surface area contributed by atoms with Crippen molar-refractivity contribution >= 4 is 28.8 Å². The molecule has 0 saturated heterocycles. The normalized spacial score (nSPS) is 10.6. The molecule has 0 spiro atoms. The van der Waals surface area contributed by atoms with Crippen molar-refractivity contribution in [3.05, 3.63) is 64.6 Å². The summed E-state index contributed by atoms with van der Waals surface area (Å²) in [6.07, 6.45) is 1.92. The molecule has 0 atom stereocenters. The number of amides is 1. The lowest BCUT2D eigenvalue weighted by atomic mass is 10.2. The summed E-state index contributed by atoms with van der Waals surface area (Å²) in [6, 6.07) is 12.9. The maximum atomic E-state index is 12.0. The molecule has 3 rings (SSSR count). The molecular formula is C16H14ClN3OS. The van der Waals surface area contributed by atoms with Gasteiger partial charge in [0, 0.05) is 23.3 Å². The third-order valence-electron chi connectivity index (χ3n) is 3.13. The number of hydrogen-bond donors (Lipinski definition) is 1. The molecule has 0 bridgehead atoms. The Bertz CT molecular complexity index is 767. The Morgan fingerprint density at radius 2 is 2.18 bits per heavy atom. The fraction of sp³-hybridized carbons (Fsp3) is 0.125. The Hall–Kier alpha value is -2.11. The molecule has 4 nitrogen and oxygen atoms in total. The molecule has 2 aromatic heterocycles. The first-order valence-corrected chi connectivity index (χ1v) is 8.09. The number of hydrogen-bond acceptors (Lipinski definition) is 3. The second kappa shape index (κ2) is 6.77. The van der Waals surface area contributed by atoms with Gasteiger partial charge >= 0.3 is 0 Å². The summed E-state index contributed by atoms with van der Waals surface area (Å²) < 4.78 is 1.83. The van der Waals surface area contributed by atoms with E-state index in [4.69, 9.17) is 11.6 Å². The van der Waals surface area contributed by atoms with Crippen molar-refractivity contribution in [2.75, 3.05) is 6.54 Å². The van der Waals surface area contributed by atoms with Crippen LogP contribution in [0.4, 0.5) is 0 Å². The van der Waals surface area contributed by atoms with Crippen LogP contribution < -0.4 is 5.32 Å². The Morgan fingerprint density at radius 1 is 1.27 bits per heavy atom. The summed E-state index contributed by atoms with van der Waals surface area (Å²) >= 11 is 7.54.